The van der Waals surface area contributed by atoms with Crippen molar-refractivity contribution in [1.82, 2.24) is 30.4 Å². The van der Waals surface area contributed by atoms with E-state index in [1.807, 2.05) is 36.4 Å². The zero-order chi connectivity index (χ0) is 22.5. The molecule has 11 heteroatoms. The lowest BCUT2D eigenvalue weighted by Gasteiger charge is -2.07. The molecule has 4 heterocycles. The van der Waals surface area contributed by atoms with Crippen LogP contribution < -0.4 is 10.6 Å². The third-order valence-corrected chi connectivity index (χ3v) is 7.34. The highest BCUT2D eigenvalue weighted by molar-refractivity contribution is 7.15. The van der Waals surface area contributed by atoms with E-state index in [9.17, 15) is 4.79 Å². The van der Waals surface area contributed by atoms with Crippen molar-refractivity contribution in [2.45, 2.75) is 38.0 Å². The summed E-state index contributed by atoms with van der Waals surface area (Å²) >= 11 is 3.04. The molecule has 1 saturated carbocycles. The molecule has 4 aromatic heterocycles. The molecule has 0 radical (unpaired) electrons. The number of rotatable bonds is 8. The Hall–Kier alpha value is -3.31. The minimum absolute atomic E-state index is 0.135. The number of carbonyl (C=O) groups is 1. The molecule has 2 unspecified atom stereocenters. The topological polar surface area (TPSA) is 118 Å². The first-order valence-corrected chi connectivity index (χ1v) is 12.4. The Bertz CT molecular complexity index is 1200. The highest BCUT2D eigenvalue weighted by Gasteiger charge is 2.29. The minimum Gasteiger partial charge on any atom is -0.315 e. The molecule has 1 aliphatic rings. The van der Waals surface area contributed by atoms with Gasteiger partial charge in [0.05, 0.1) is 6.42 Å². The van der Waals surface area contributed by atoms with Crippen molar-refractivity contribution >= 4 is 44.7 Å². The van der Waals surface area contributed by atoms with Crippen molar-refractivity contribution in [3.8, 4) is 0 Å². The normalized spacial score (nSPS) is 17.7. The maximum Gasteiger partial charge on any atom is 0.232 e. The molecule has 168 valence electrons. The summed E-state index contributed by atoms with van der Waals surface area (Å²) in [7, 11) is 0. The number of aromatic nitrogens is 6. The maximum absolute atomic E-state index is 12.2. The van der Waals surface area contributed by atoms with Crippen LogP contribution >= 0.6 is 22.7 Å². The lowest BCUT2D eigenvalue weighted by molar-refractivity contribution is -0.115. The first-order valence-electron chi connectivity index (χ1n) is 10.7. The molecule has 9 nitrogen and oxygen atoms in total. The minimum atomic E-state index is -0.135. The summed E-state index contributed by atoms with van der Waals surface area (Å²) in [5.41, 5.74) is 0.729. The predicted molar refractivity (Wildman–Crippen MR) is 128 cm³/mol. The Labute approximate surface area is 198 Å². The van der Waals surface area contributed by atoms with Crippen LogP contribution in [-0.4, -0.2) is 36.3 Å². The molecule has 0 bridgehead atoms. The van der Waals surface area contributed by atoms with E-state index < -0.39 is 0 Å². The number of nitrogens with zero attached hydrogens (tertiary/aromatic N) is 6. The molecule has 0 saturated heterocycles. The standard InChI is InChI=1S/C22H22N8OS2/c31-18(13-16-5-1-3-9-23-16)26-22-29-27-19(32-22)12-14-7-8-15(11-14)20-28-30-21(33-20)25-17-6-2-4-10-24-17/h1-6,9-10,14-15H,7-8,11-13H2,(H,24,25,30)(H,26,29,31). The zero-order valence-corrected chi connectivity index (χ0v) is 19.4. The van der Waals surface area contributed by atoms with Gasteiger partial charge in [0.2, 0.25) is 16.2 Å². The van der Waals surface area contributed by atoms with Gasteiger partial charge in [0, 0.05) is 30.4 Å². The molecule has 1 aliphatic carbocycles. The molecule has 1 fully saturated rings. The van der Waals surface area contributed by atoms with Gasteiger partial charge >= 0.3 is 0 Å². The Kier molecular flexibility index (Phi) is 6.58. The molecule has 0 spiro atoms. The van der Waals surface area contributed by atoms with Gasteiger partial charge in [-0.2, -0.15) is 0 Å². The van der Waals surface area contributed by atoms with E-state index >= 15 is 0 Å². The van der Waals surface area contributed by atoms with Gasteiger partial charge in [-0.15, -0.1) is 20.4 Å². The second kappa shape index (κ2) is 10.1. The first-order chi connectivity index (χ1) is 16.2. The van der Waals surface area contributed by atoms with Gasteiger partial charge in [0.15, 0.2) is 0 Å². The van der Waals surface area contributed by atoms with Crippen molar-refractivity contribution in [1.29, 1.82) is 0 Å². The fraction of sp³-hybridized carbons (Fsp3) is 0.318. The second-order valence-corrected chi connectivity index (χ2v) is 9.98. The van der Waals surface area contributed by atoms with E-state index in [-0.39, 0.29) is 12.3 Å². The van der Waals surface area contributed by atoms with Crippen LogP contribution in [0.3, 0.4) is 0 Å². The zero-order valence-electron chi connectivity index (χ0n) is 17.7. The number of hydrogen-bond donors (Lipinski definition) is 2. The number of anilines is 3. The Morgan fingerprint density at radius 2 is 1.79 bits per heavy atom. The van der Waals surface area contributed by atoms with Crippen LogP contribution in [0.1, 0.15) is 40.9 Å². The molecule has 0 aromatic carbocycles. The van der Waals surface area contributed by atoms with E-state index in [1.165, 1.54) is 11.3 Å². The molecule has 2 atom stereocenters. The molecule has 2 N–H and O–H groups in total. The molecule has 33 heavy (non-hydrogen) atoms. The fourth-order valence-corrected chi connectivity index (χ4v) is 5.71. The van der Waals surface area contributed by atoms with Crippen molar-refractivity contribution in [2.75, 3.05) is 10.6 Å². The van der Waals surface area contributed by atoms with Gasteiger partial charge in [-0.1, -0.05) is 34.8 Å². The van der Waals surface area contributed by atoms with Gasteiger partial charge in [-0.25, -0.2) is 4.98 Å². The van der Waals surface area contributed by atoms with Crippen molar-refractivity contribution < 1.29 is 4.79 Å². The first kappa shape index (κ1) is 21.5. The largest absolute Gasteiger partial charge is 0.315 e. The fourth-order valence-electron chi connectivity index (χ4n) is 3.95. The quantitative estimate of drug-likeness (QED) is 0.386. The number of nitrogens with one attached hydrogen (secondary N) is 2. The van der Waals surface area contributed by atoms with Crippen LogP contribution in [0.5, 0.6) is 0 Å². The Morgan fingerprint density at radius 3 is 2.61 bits per heavy atom. The Balaban J connectivity index is 1.12. The lowest BCUT2D eigenvalue weighted by atomic mass is 10.0. The van der Waals surface area contributed by atoms with Crippen LogP contribution in [0.2, 0.25) is 0 Å². The summed E-state index contributed by atoms with van der Waals surface area (Å²) in [6.07, 6.45) is 7.78. The Morgan fingerprint density at radius 1 is 0.939 bits per heavy atom. The van der Waals surface area contributed by atoms with Gasteiger partial charge in [-0.3, -0.25) is 9.78 Å². The van der Waals surface area contributed by atoms with E-state index in [2.05, 4.69) is 41.0 Å². The van der Waals surface area contributed by atoms with E-state index in [0.717, 1.165) is 52.3 Å². The number of pyridine rings is 2. The lowest BCUT2D eigenvalue weighted by Crippen LogP contribution is -2.14. The monoisotopic (exact) mass is 478 g/mol. The molecule has 4 aromatic rings. The van der Waals surface area contributed by atoms with Gasteiger partial charge in [0.25, 0.3) is 0 Å². The molecule has 0 aliphatic heterocycles. The third-order valence-electron chi connectivity index (χ3n) is 5.48. The van der Waals surface area contributed by atoms with E-state index in [4.69, 9.17) is 0 Å². The highest BCUT2D eigenvalue weighted by atomic mass is 32.1. The molecular weight excluding hydrogens is 456 g/mol. The van der Waals surface area contributed by atoms with Gasteiger partial charge < -0.3 is 10.6 Å². The van der Waals surface area contributed by atoms with Crippen LogP contribution in [0.4, 0.5) is 16.1 Å². The summed E-state index contributed by atoms with van der Waals surface area (Å²) in [4.78, 5) is 20.7. The molecule has 1 amide bonds. The smallest absolute Gasteiger partial charge is 0.232 e. The van der Waals surface area contributed by atoms with Crippen LogP contribution in [-0.2, 0) is 17.6 Å². The second-order valence-electron chi connectivity index (χ2n) is 7.91. The summed E-state index contributed by atoms with van der Waals surface area (Å²) in [5, 5.41) is 26.5. The van der Waals surface area contributed by atoms with Crippen LogP contribution in [0.15, 0.2) is 48.8 Å². The van der Waals surface area contributed by atoms with Crippen molar-refractivity contribution in [2.24, 2.45) is 5.92 Å². The summed E-state index contributed by atoms with van der Waals surface area (Å²) in [5.74, 6) is 1.57. The highest BCUT2D eigenvalue weighted by Crippen LogP contribution is 2.41. The predicted octanol–water partition coefficient (Wildman–Crippen LogP) is 4.23. The van der Waals surface area contributed by atoms with E-state index in [0.29, 0.717) is 17.0 Å². The summed E-state index contributed by atoms with van der Waals surface area (Å²) < 4.78 is 0. The number of carbonyl (C=O) groups excluding carboxylic acids is 1. The summed E-state index contributed by atoms with van der Waals surface area (Å²) in [6.45, 7) is 0. The van der Waals surface area contributed by atoms with Crippen LogP contribution in [0, 0.1) is 5.92 Å². The third kappa shape index (κ3) is 5.74. The number of hydrogen-bond acceptors (Lipinski definition) is 10. The SMILES string of the molecule is O=C(Cc1ccccn1)Nc1nnc(CC2CCC(c3nnc(Nc4ccccn4)s3)C2)s1. The van der Waals surface area contributed by atoms with Crippen molar-refractivity contribution in [3.63, 3.8) is 0 Å². The molecule has 5 rings (SSSR count). The average molecular weight is 479 g/mol. The molecular formula is C22H22N8OS2. The van der Waals surface area contributed by atoms with Crippen LogP contribution in [0.25, 0.3) is 0 Å². The van der Waals surface area contributed by atoms with Gasteiger partial charge in [0.1, 0.15) is 15.8 Å². The van der Waals surface area contributed by atoms with Gasteiger partial charge in [-0.05, 0) is 49.4 Å². The maximum atomic E-state index is 12.2. The average Bonchev–Trinajstić information content (AvgIpc) is 3.57. The van der Waals surface area contributed by atoms with E-state index in [1.54, 1.807) is 23.7 Å². The number of amides is 1. The summed E-state index contributed by atoms with van der Waals surface area (Å²) in [6, 6.07) is 11.2. The van der Waals surface area contributed by atoms with Crippen molar-refractivity contribution in [3.05, 3.63) is 64.5 Å².